The van der Waals surface area contributed by atoms with Crippen LogP contribution in [0.4, 0.5) is 5.82 Å². The third-order valence-corrected chi connectivity index (χ3v) is 2.80. The number of hydrogen-bond donors (Lipinski definition) is 1. The van der Waals surface area contributed by atoms with E-state index >= 15 is 0 Å². The van der Waals surface area contributed by atoms with Crippen molar-refractivity contribution < 1.29 is 9.53 Å². The van der Waals surface area contributed by atoms with Gasteiger partial charge in [-0.25, -0.2) is 4.98 Å². The van der Waals surface area contributed by atoms with E-state index in [0.29, 0.717) is 31.1 Å². The van der Waals surface area contributed by atoms with Crippen molar-refractivity contribution in [1.82, 2.24) is 9.88 Å². The van der Waals surface area contributed by atoms with E-state index in [4.69, 9.17) is 4.74 Å². The summed E-state index contributed by atoms with van der Waals surface area (Å²) in [5, 5.41) is 2.94. The molecule has 0 aliphatic carbocycles. The highest BCUT2D eigenvalue weighted by Gasteiger charge is 2.24. The molecule has 2 heterocycles. The highest BCUT2D eigenvalue weighted by Crippen LogP contribution is 2.15. The number of nitrogens with zero attached hydrogens (tertiary/aromatic N) is 2. The third-order valence-electron chi connectivity index (χ3n) is 2.80. The first-order valence-electron chi connectivity index (χ1n) is 5.76. The van der Waals surface area contributed by atoms with E-state index in [9.17, 15) is 4.79 Å². The number of morpholine rings is 1. The first kappa shape index (κ1) is 11.9. The van der Waals surface area contributed by atoms with Crippen molar-refractivity contribution in [3.8, 4) is 0 Å². The quantitative estimate of drug-likeness (QED) is 0.830. The second kappa shape index (κ2) is 5.14. The zero-order valence-corrected chi connectivity index (χ0v) is 10.1. The number of hydrogen-bond acceptors (Lipinski definition) is 4. The van der Waals surface area contributed by atoms with Gasteiger partial charge in [-0.05, 0) is 19.1 Å². The molecule has 0 bridgehead atoms. The first-order chi connectivity index (χ1) is 8.22. The van der Waals surface area contributed by atoms with Gasteiger partial charge in [-0.1, -0.05) is 0 Å². The molecule has 0 saturated carbocycles. The highest BCUT2D eigenvalue weighted by atomic mass is 16.5. The maximum atomic E-state index is 12.3. The molecule has 1 N–H and O–H groups in total. The fourth-order valence-corrected chi connectivity index (χ4v) is 1.95. The molecule has 5 nitrogen and oxygen atoms in total. The maximum Gasteiger partial charge on any atom is 0.257 e. The Hall–Kier alpha value is -1.62. The Labute approximate surface area is 101 Å². The number of nitrogens with one attached hydrogen (secondary N) is 1. The SMILES string of the molecule is CNc1ncccc1C(=O)N1CCOC(C)C1. The zero-order valence-electron chi connectivity index (χ0n) is 10.1. The molecule has 0 spiro atoms. The lowest BCUT2D eigenvalue weighted by Gasteiger charge is -2.31. The van der Waals surface area contributed by atoms with Gasteiger partial charge in [0, 0.05) is 26.3 Å². The van der Waals surface area contributed by atoms with Crippen molar-refractivity contribution >= 4 is 11.7 Å². The molecular formula is C12H17N3O2. The number of pyridine rings is 1. The average Bonchev–Trinajstić information content (AvgIpc) is 2.38. The minimum Gasteiger partial charge on any atom is -0.375 e. The van der Waals surface area contributed by atoms with Crippen LogP contribution >= 0.6 is 0 Å². The summed E-state index contributed by atoms with van der Waals surface area (Å²) in [4.78, 5) is 18.3. The Morgan fingerprint density at radius 3 is 3.18 bits per heavy atom. The van der Waals surface area contributed by atoms with E-state index in [2.05, 4.69) is 10.3 Å². The minimum atomic E-state index is 0.0117. The van der Waals surface area contributed by atoms with Crippen LogP contribution in [0.3, 0.4) is 0 Å². The molecule has 0 aromatic carbocycles. The summed E-state index contributed by atoms with van der Waals surface area (Å²) < 4.78 is 5.43. The van der Waals surface area contributed by atoms with Gasteiger partial charge >= 0.3 is 0 Å². The molecule has 1 saturated heterocycles. The molecule has 1 aliphatic heterocycles. The van der Waals surface area contributed by atoms with Crippen LogP contribution in [0.15, 0.2) is 18.3 Å². The average molecular weight is 235 g/mol. The smallest absolute Gasteiger partial charge is 0.257 e. The van der Waals surface area contributed by atoms with Crippen LogP contribution in [0.2, 0.25) is 0 Å². The fourth-order valence-electron chi connectivity index (χ4n) is 1.95. The number of rotatable bonds is 2. The standard InChI is InChI=1S/C12H17N3O2/c1-9-8-15(6-7-17-9)12(16)10-4-3-5-14-11(10)13-2/h3-5,9H,6-8H2,1-2H3,(H,13,14). The van der Waals surface area contributed by atoms with E-state index in [1.54, 1.807) is 25.4 Å². The highest BCUT2D eigenvalue weighted by molar-refractivity contribution is 5.98. The Balaban J connectivity index is 2.18. The second-order valence-corrected chi connectivity index (χ2v) is 4.08. The Morgan fingerprint density at radius 2 is 2.47 bits per heavy atom. The van der Waals surface area contributed by atoms with Gasteiger partial charge in [-0.15, -0.1) is 0 Å². The largest absolute Gasteiger partial charge is 0.375 e. The number of anilines is 1. The van der Waals surface area contributed by atoms with Gasteiger partial charge in [-0.3, -0.25) is 4.79 Å². The molecule has 1 amide bonds. The van der Waals surface area contributed by atoms with Gasteiger partial charge in [-0.2, -0.15) is 0 Å². The summed E-state index contributed by atoms with van der Waals surface area (Å²) in [5.41, 5.74) is 0.615. The number of aromatic nitrogens is 1. The van der Waals surface area contributed by atoms with Crippen LogP contribution in [0.5, 0.6) is 0 Å². The van der Waals surface area contributed by atoms with Gasteiger partial charge in [0.15, 0.2) is 0 Å². The molecule has 0 radical (unpaired) electrons. The number of amides is 1. The summed E-state index contributed by atoms with van der Waals surface area (Å²) in [6.07, 6.45) is 1.77. The van der Waals surface area contributed by atoms with Crippen LogP contribution in [0.25, 0.3) is 0 Å². The summed E-state index contributed by atoms with van der Waals surface area (Å²) in [7, 11) is 1.76. The van der Waals surface area contributed by atoms with Crippen LogP contribution in [0, 0.1) is 0 Å². The summed E-state index contributed by atoms with van der Waals surface area (Å²) in [6.45, 7) is 3.85. The van der Waals surface area contributed by atoms with E-state index < -0.39 is 0 Å². The van der Waals surface area contributed by atoms with Gasteiger partial charge < -0.3 is 15.0 Å². The lowest BCUT2D eigenvalue weighted by Crippen LogP contribution is -2.44. The van der Waals surface area contributed by atoms with Crippen LogP contribution in [-0.4, -0.2) is 48.6 Å². The topological polar surface area (TPSA) is 54.5 Å². The maximum absolute atomic E-state index is 12.3. The number of carbonyl (C=O) groups is 1. The Morgan fingerprint density at radius 1 is 1.65 bits per heavy atom. The molecule has 1 aromatic heterocycles. The lowest BCUT2D eigenvalue weighted by molar-refractivity contribution is -0.0123. The molecule has 92 valence electrons. The predicted octanol–water partition coefficient (Wildman–Crippen LogP) is 0.984. The van der Waals surface area contributed by atoms with Crippen LogP contribution < -0.4 is 5.32 Å². The number of ether oxygens (including phenoxy) is 1. The molecule has 1 atom stereocenters. The molecule has 2 rings (SSSR count). The molecule has 1 aromatic rings. The Bertz CT molecular complexity index is 408. The van der Waals surface area contributed by atoms with Crippen LogP contribution in [0.1, 0.15) is 17.3 Å². The van der Waals surface area contributed by atoms with E-state index in [-0.39, 0.29) is 12.0 Å². The van der Waals surface area contributed by atoms with Crippen molar-refractivity contribution in [2.24, 2.45) is 0 Å². The normalized spacial score (nSPS) is 20.1. The van der Waals surface area contributed by atoms with Gasteiger partial charge in [0.2, 0.25) is 0 Å². The van der Waals surface area contributed by atoms with Crippen LogP contribution in [-0.2, 0) is 4.74 Å². The van der Waals surface area contributed by atoms with E-state index in [1.165, 1.54) is 0 Å². The van der Waals surface area contributed by atoms with Crippen molar-refractivity contribution in [3.63, 3.8) is 0 Å². The molecule has 5 heteroatoms. The van der Waals surface area contributed by atoms with Gasteiger partial charge in [0.25, 0.3) is 5.91 Å². The molecular weight excluding hydrogens is 218 g/mol. The summed E-state index contributed by atoms with van der Waals surface area (Å²) >= 11 is 0. The van der Waals surface area contributed by atoms with Crippen molar-refractivity contribution in [2.75, 3.05) is 32.1 Å². The lowest BCUT2D eigenvalue weighted by atomic mass is 10.2. The zero-order chi connectivity index (χ0) is 12.3. The van der Waals surface area contributed by atoms with Crippen molar-refractivity contribution in [1.29, 1.82) is 0 Å². The molecule has 1 fully saturated rings. The first-order valence-corrected chi connectivity index (χ1v) is 5.76. The van der Waals surface area contributed by atoms with Crippen molar-refractivity contribution in [2.45, 2.75) is 13.0 Å². The molecule has 1 aliphatic rings. The van der Waals surface area contributed by atoms with Gasteiger partial charge in [0.1, 0.15) is 5.82 Å². The summed E-state index contributed by atoms with van der Waals surface area (Å²) in [6, 6.07) is 3.57. The predicted molar refractivity (Wildman–Crippen MR) is 65.1 cm³/mol. The monoisotopic (exact) mass is 235 g/mol. The van der Waals surface area contributed by atoms with E-state index in [1.807, 2.05) is 11.8 Å². The van der Waals surface area contributed by atoms with Gasteiger partial charge in [0.05, 0.1) is 18.3 Å². The number of carbonyl (C=O) groups excluding carboxylic acids is 1. The third kappa shape index (κ3) is 2.55. The second-order valence-electron chi connectivity index (χ2n) is 4.08. The minimum absolute atomic E-state index is 0.0117. The summed E-state index contributed by atoms with van der Waals surface area (Å²) in [5.74, 6) is 0.634. The fraction of sp³-hybridized carbons (Fsp3) is 0.500. The van der Waals surface area contributed by atoms with E-state index in [0.717, 1.165) is 0 Å². The molecule has 17 heavy (non-hydrogen) atoms. The van der Waals surface area contributed by atoms with Crippen molar-refractivity contribution in [3.05, 3.63) is 23.9 Å². The Kier molecular flexibility index (Phi) is 3.58. The molecule has 1 unspecified atom stereocenters.